The Labute approximate surface area is 145 Å². The van der Waals surface area contributed by atoms with Crippen LogP contribution in [0.4, 0.5) is 5.69 Å². The third-order valence-electron chi connectivity index (χ3n) is 4.55. The molecule has 1 N–H and O–H groups in total. The van der Waals surface area contributed by atoms with E-state index in [1.807, 2.05) is 0 Å². The van der Waals surface area contributed by atoms with Gasteiger partial charge in [-0.3, -0.25) is 24.4 Å². The molecule has 2 rings (SSSR count). The summed E-state index contributed by atoms with van der Waals surface area (Å²) in [5.74, 6) is -0.295. The number of carbonyl (C=O) groups excluding carboxylic acids is 2. The van der Waals surface area contributed by atoms with Gasteiger partial charge in [0.2, 0.25) is 0 Å². The summed E-state index contributed by atoms with van der Waals surface area (Å²) in [6.45, 7) is 4.60. The van der Waals surface area contributed by atoms with Gasteiger partial charge in [0.25, 0.3) is 5.91 Å². The lowest BCUT2D eigenvalue weighted by atomic mass is 9.87. The molecule has 0 atom stereocenters. The Bertz CT molecular complexity index is 662. The predicted octanol–water partition coefficient (Wildman–Crippen LogP) is 1.65. The monoisotopic (exact) mass is 352 g/mol. The van der Waals surface area contributed by atoms with E-state index in [-0.39, 0.29) is 42.2 Å². The normalized spacial score (nSPS) is 20.1. The summed E-state index contributed by atoms with van der Waals surface area (Å²) >= 11 is 0. The van der Waals surface area contributed by atoms with Gasteiger partial charge in [-0.2, -0.15) is 5.10 Å². The molecule has 138 valence electrons. The van der Waals surface area contributed by atoms with Crippen LogP contribution in [0.2, 0.25) is 0 Å². The molecular formula is C16H24N4O5. The number of aryl methyl sites for hydroxylation is 1. The molecule has 9 nitrogen and oxygen atoms in total. The largest absolute Gasteiger partial charge is 0.454 e. The minimum absolute atomic E-state index is 0.114. The van der Waals surface area contributed by atoms with Gasteiger partial charge in [-0.25, -0.2) is 0 Å². The fraction of sp³-hybridized carbons (Fsp3) is 0.688. The number of hydrogen-bond acceptors (Lipinski definition) is 6. The van der Waals surface area contributed by atoms with E-state index in [9.17, 15) is 19.7 Å². The number of rotatable bonds is 6. The highest BCUT2D eigenvalue weighted by atomic mass is 16.6. The molecule has 0 unspecified atom stereocenters. The summed E-state index contributed by atoms with van der Waals surface area (Å²) in [5.41, 5.74) is 0.400. The van der Waals surface area contributed by atoms with Gasteiger partial charge in [-0.05, 0) is 45.4 Å². The number of amides is 1. The molecule has 0 saturated heterocycles. The molecule has 9 heteroatoms. The summed E-state index contributed by atoms with van der Waals surface area (Å²) in [7, 11) is 0. The molecule has 1 fully saturated rings. The van der Waals surface area contributed by atoms with Gasteiger partial charge >= 0.3 is 11.7 Å². The van der Waals surface area contributed by atoms with E-state index >= 15 is 0 Å². The van der Waals surface area contributed by atoms with Crippen LogP contribution in [0.25, 0.3) is 0 Å². The zero-order valence-corrected chi connectivity index (χ0v) is 14.8. The van der Waals surface area contributed by atoms with Crippen LogP contribution in [0.5, 0.6) is 0 Å². The molecule has 25 heavy (non-hydrogen) atoms. The molecule has 1 aromatic heterocycles. The van der Waals surface area contributed by atoms with Crippen LogP contribution in [0.3, 0.4) is 0 Å². The molecular weight excluding hydrogens is 328 g/mol. The molecule has 1 amide bonds. The highest BCUT2D eigenvalue weighted by Crippen LogP contribution is 2.23. The van der Waals surface area contributed by atoms with Gasteiger partial charge in [0, 0.05) is 6.04 Å². The van der Waals surface area contributed by atoms with Gasteiger partial charge in [0.1, 0.15) is 17.9 Å². The van der Waals surface area contributed by atoms with Crippen molar-refractivity contribution < 1.29 is 19.2 Å². The van der Waals surface area contributed by atoms with Crippen molar-refractivity contribution in [3.63, 3.8) is 0 Å². The Kier molecular flexibility index (Phi) is 6.11. The molecule has 1 aliphatic carbocycles. The molecule has 0 aliphatic heterocycles. The maximum Gasteiger partial charge on any atom is 0.328 e. The lowest BCUT2D eigenvalue weighted by molar-refractivity contribution is -0.386. The molecule has 1 saturated carbocycles. The third kappa shape index (κ3) is 5.01. The average molecular weight is 352 g/mol. The van der Waals surface area contributed by atoms with E-state index in [1.54, 1.807) is 0 Å². The van der Waals surface area contributed by atoms with Crippen molar-refractivity contribution in [2.75, 3.05) is 6.61 Å². The number of nitro groups is 1. The maximum atomic E-state index is 11.9. The number of aromatic nitrogens is 2. The average Bonchev–Trinajstić information content (AvgIpc) is 2.81. The van der Waals surface area contributed by atoms with Crippen molar-refractivity contribution in [2.45, 2.75) is 59.0 Å². The maximum absolute atomic E-state index is 11.9. The van der Waals surface area contributed by atoms with Gasteiger partial charge in [0.15, 0.2) is 6.61 Å². The van der Waals surface area contributed by atoms with E-state index in [0.29, 0.717) is 5.92 Å². The first-order chi connectivity index (χ1) is 11.8. The Morgan fingerprint density at radius 2 is 1.96 bits per heavy atom. The van der Waals surface area contributed by atoms with Crippen LogP contribution >= 0.6 is 0 Å². The van der Waals surface area contributed by atoms with Crippen molar-refractivity contribution in [1.82, 2.24) is 15.1 Å². The van der Waals surface area contributed by atoms with Crippen LogP contribution in [0.1, 0.15) is 44.0 Å². The summed E-state index contributed by atoms with van der Waals surface area (Å²) in [6.07, 6.45) is 4.05. The quantitative estimate of drug-likeness (QED) is 0.473. The van der Waals surface area contributed by atoms with Gasteiger partial charge < -0.3 is 10.1 Å². The number of carbonyl (C=O) groups is 2. The topological polar surface area (TPSA) is 116 Å². The Hall–Kier alpha value is -2.45. The second-order valence-electron chi connectivity index (χ2n) is 6.62. The Balaban J connectivity index is 1.80. The van der Waals surface area contributed by atoms with Crippen molar-refractivity contribution in [1.29, 1.82) is 0 Å². The predicted molar refractivity (Wildman–Crippen MR) is 88.9 cm³/mol. The summed E-state index contributed by atoms with van der Waals surface area (Å²) < 4.78 is 6.17. The fourth-order valence-electron chi connectivity index (χ4n) is 3.09. The van der Waals surface area contributed by atoms with Gasteiger partial charge in [0.05, 0.1) is 4.92 Å². The van der Waals surface area contributed by atoms with E-state index in [1.165, 1.54) is 18.5 Å². The summed E-state index contributed by atoms with van der Waals surface area (Å²) in [6, 6.07) is 0.140. The lowest BCUT2D eigenvalue weighted by Gasteiger charge is -2.26. The highest BCUT2D eigenvalue weighted by Gasteiger charge is 2.24. The molecule has 0 radical (unpaired) electrons. The second-order valence-corrected chi connectivity index (χ2v) is 6.62. The third-order valence-corrected chi connectivity index (χ3v) is 4.55. The minimum atomic E-state index is -0.659. The number of nitrogens with zero attached hydrogens (tertiary/aromatic N) is 3. The van der Waals surface area contributed by atoms with Crippen molar-refractivity contribution in [3.8, 4) is 0 Å². The minimum Gasteiger partial charge on any atom is -0.454 e. The molecule has 0 spiro atoms. The first kappa shape index (κ1) is 18.9. The highest BCUT2D eigenvalue weighted by molar-refractivity contribution is 5.80. The van der Waals surface area contributed by atoms with E-state index in [2.05, 4.69) is 17.3 Å². The number of ether oxygens (including phenoxy) is 1. The van der Waals surface area contributed by atoms with E-state index < -0.39 is 10.9 Å². The lowest BCUT2D eigenvalue weighted by Crippen LogP contribution is -2.39. The molecule has 1 heterocycles. The van der Waals surface area contributed by atoms with Crippen LogP contribution in [0.15, 0.2) is 0 Å². The van der Waals surface area contributed by atoms with Gasteiger partial charge in [-0.1, -0.05) is 6.92 Å². The molecule has 1 aromatic rings. The fourth-order valence-corrected chi connectivity index (χ4v) is 3.09. The molecule has 1 aliphatic rings. The van der Waals surface area contributed by atoms with Crippen LogP contribution < -0.4 is 5.32 Å². The second kappa shape index (κ2) is 8.09. The summed E-state index contributed by atoms with van der Waals surface area (Å²) in [4.78, 5) is 34.1. The smallest absolute Gasteiger partial charge is 0.328 e. The summed E-state index contributed by atoms with van der Waals surface area (Å²) in [5, 5.41) is 17.8. The van der Waals surface area contributed by atoms with E-state index in [4.69, 9.17) is 4.74 Å². The van der Waals surface area contributed by atoms with Gasteiger partial charge in [-0.15, -0.1) is 0 Å². The first-order valence-corrected chi connectivity index (χ1v) is 8.41. The van der Waals surface area contributed by atoms with Crippen LogP contribution in [-0.2, 0) is 20.9 Å². The van der Waals surface area contributed by atoms with Crippen LogP contribution in [0, 0.1) is 29.9 Å². The van der Waals surface area contributed by atoms with Crippen molar-refractivity contribution in [3.05, 3.63) is 21.5 Å². The SMILES string of the molecule is Cc1nn(CC(=O)OCC(=O)NC2CCC(C)CC2)c(C)c1[N+](=O)[O-]. The van der Waals surface area contributed by atoms with Crippen molar-refractivity contribution in [2.24, 2.45) is 5.92 Å². The number of nitrogens with one attached hydrogen (secondary N) is 1. The zero-order valence-electron chi connectivity index (χ0n) is 14.8. The van der Waals surface area contributed by atoms with E-state index in [0.717, 1.165) is 25.7 Å². The number of esters is 1. The first-order valence-electron chi connectivity index (χ1n) is 8.41. The molecule has 0 aromatic carbocycles. The zero-order chi connectivity index (χ0) is 18.6. The van der Waals surface area contributed by atoms with Crippen LogP contribution in [-0.4, -0.2) is 39.2 Å². The number of hydrogen-bond donors (Lipinski definition) is 1. The Morgan fingerprint density at radius 3 is 2.52 bits per heavy atom. The molecule has 0 bridgehead atoms. The Morgan fingerprint density at radius 1 is 1.32 bits per heavy atom. The van der Waals surface area contributed by atoms with Crippen molar-refractivity contribution >= 4 is 17.6 Å². The standard InChI is InChI=1S/C16H24N4O5/c1-10-4-6-13(7-5-10)17-14(21)9-25-15(22)8-19-12(3)16(20(23)24)11(2)18-19/h10,13H,4-9H2,1-3H3,(H,17,21).